The Kier molecular flexibility index (Phi) is 5.19. The summed E-state index contributed by atoms with van der Waals surface area (Å²) in [4.78, 5) is 11.2. The largest absolute Gasteiger partial charge is 0.446 e. The summed E-state index contributed by atoms with van der Waals surface area (Å²) in [7, 11) is -4.02. The highest BCUT2D eigenvalue weighted by atomic mass is 79.9. The molecule has 0 unspecified atom stereocenters. The van der Waals surface area contributed by atoms with E-state index in [9.17, 15) is 13.2 Å². The molecule has 0 spiro atoms. The van der Waals surface area contributed by atoms with Crippen molar-refractivity contribution in [3.63, 3.8) is 0 Å². The SMILES string of the molecule is Cc1ccc(NS(=O)(=O)NC(=O)OC(C)C)c(Br)c1. The Bertz CT molecular complexity index is 572. The van der Waals surface area contributed by atoms with Gasteiger partial charge in [-0.05, 0) is 54.4 Å². The van der Waals surface area contributed by atoms with E-state index in [1.165, 1.54) is 0 Å². The fourth-order valence-electron chi connectivity index (χ4n) is 1.22. The first-order valence-corrected chi connectivity index (χ1v) is 7.74. The molecule has 2 N–H and O–H groups in total. The van der Waals surface area contributed by atoms with E-state index in [-0.39, 0.29) is 0 Å². The van der Waals surface area contributed by atoms with Gasteiger partial charge in [0, 0.05) is 4.47 Å². The van der Waals surface area contributed by atoms with Crippen LogP contribution >= 0.6 is 15.9 Å². The maximum atomic E-state index is 11.7. The van der Waals surface area contributed by atoms with Crippen molar-refractivity contribution in [1.29, 1.82) is 0 Å². The second kappa shape index (κ2) is 6.25. The van der Waals surface area contributed by atoms with E-state index < -0.39 is 22.4 Å². The molecular weight excluding hydrogens is 336 g/mol. The van der Waals surface area contributed by atoms with Gasteiger partial charge in [-0.3, -0.25) is 4.72 Å². The van der Waals surface area contributed by atoms with E-state index in [4.69, 9.17) is 4.74 Å². The lowest BCUT2D eigenvalue weighted by molar-refractivity contribution is 0.121. The van der Waals surface area contributed by atoms with Crippen LogP contribution in [-0.4, -0.2) is 20.6 Å². The second-order valence-corrected chi connectivity index (χ2v) is 6.41. The third-order valence-corrected chi connectivity index (χ3v) is 3.51. The Balaban J connectivity index is 2.77. The summed E-state index contributed by atoms with van der Waals surface area (Å²) in [6.45, 7) is 5.12. The lowest BCUT2D eigenvalue weighted by atomic mass is 10.2. The molecule has 0 aliphatic heterocycles. The molecule has 0 fully saturated rings. The standard InChI is InChI=1S/C11H15BrN2O4S/c1-7(2)18-11(15)14-19(16,17)13-10-5-4-8(3)6-9(10)12/h4-7,13H,1-3H3,(H,14,15). The highest BCUT2D eigenvalue weighted by molar-refractivity contribution is 9.10. The van der Waals surface area contributed by atoms with Crippen molar-refractivity contribution in [2.45, 2.75) is 26.9 Å². The van der Waals surface area contributed by atoms with Gasteiger partial charge in [-0.2, -0.15) is 8.42 Å². The summed E-state index contributed by atoms with van der Waals surface area (Å²) >= 11 is 3.24. The average Bonchev–Trinajstić information content (AvgIpc) is 2.19. The van der Waals surface area contributed by atoms with Crippen molar-refractivity contribution in [3.05, 3.63) is 28.2 Å². The van der Waals surface area contributed by atoms with Gasteiger partial charge in [-0.15, -0.1) is 0 Å². The smallest absolute Gasteiger partial charge is 0.422 e. The second-order valence-electron chi connectivity index (χ2n) is 4.14. The molecular formula is C11H15BrN2O4S. The van der Waals surface area contributed by atoms with Crippen LogP contribution in [0.4, 0.5) is 10.5 Å². The molecule has 8 heteroatoms. The zero-order chi connectivity index (χ0) is 14.6. The van der Waals surface area contributed by atoms with Crippen molar-refractivity contribution in [1.82, 2.24) is 4.72 Å². The molecule has 19 heavy (non-hydrogen) atoms. The lowest BCUT2D eigenvalue weighted by Crippen LogP contribution is -2.36. The highest BCUT2D eigenvalue weighted by Gasteiger charge is 2.17. The number of rotatable bonds is 4. The molecule has 1 rings (SSSR count). The minimum Gasteiger partial charge on any atom is -0.446 e. The van der Waals surface area contributed by atoms with Crippen LogP contribution < -0.4 is 9.44 Å². The molecule has 0 saturated heterocycles. The number of anilines is 1. The van der Waals surface area contributed by atoms with Gasteiger partial charge in [0.1, 0.15) is 0 Å². The van der Waals surface area contributed by atoms with Crippen molar-refractivity contribution >= 4 is 37.9 Å². The summed E-state index contributed by atoms with van der Waals surface area (Å²) in [5.41, 5.74) is 1.30. The minimum absolute atomic E-state index is 0.329. The molecule has 0 saturated carbocycles. The van der Waals surface area contributed by atoms with Gasteiger partial charge < -0.3 is 4.74 Å². The van der Waals surface area contributed by atoms with Gasteiger partial charge in [0.2, 0.25) is 0 Å². The number of hydrogen-bond donors (Lipinski definition) is 2. The molecule has 1 amide bonds. The van der Waals surface area contributed by atoms with Crippen LogP contribution in [0.1, 0.15) is 19.4 Å². The van der Waals surface area contributed by atoms with Crippen molar-refractivity contribution in [2.75, 3.05) is 4.72 Å². The number of carbonyl (C=O) groups is 1. The summed E-state index contributed by atoms with van der Waals surface area (Å²) in [5.74, 6) is 0. The zero-order valence-electron chi connectivity index (χ0n) is 10.7. The van der Waals surface area contributed by atoms with Gasteiger partial charge in [0.15, 0.2) is 0 Å². The van der Waals surface area contributed by atoms with E-state index in [1.54, 1.807) is 36.8 Å². The van der Waals surface area contributed by atoms with Crippen LogP contribution in [-0.2, 0) is 14.9 Å². The first-order chi connectivity index (χ1) is 8.69. The molecule has 0 atom stereocenters. The third kappa shape index (κ3) is 5.48. The molecule has 0 radical (unpaired) electrons. The Morgan fingerprint density at radius 1 is 1.37 bits per heavy atom. The van der Waals surface area contributed by atoms with Gasteiger partial charge in [-0.25, -0.2) is 9.52 Å². The van der Waals surface area contributed by atoms with Gasteiger partial charge in [-0.1, -0.05) is 6.07 Å². The first-order valence-electron chi connectivity index (χ1n) is 5.47. The van der Waals surface area contributed by atoms with E-state index in [1.807, 2.05) is 6.92 Å². The van der Waals surface area contributed by atoms with Crippen molar-refractivity contribution in [3.8, 4) is 0 Å². The van der Waals surface area contributed by atoms with Crippen LogP contribution in [0.2, 0.25) is 0 Å². The third-order valence-electron chi connectivity index (χ3n) is 1.93. The fourth-order valence-corrected chi connectivity index (χ4v) is 2.73. The number of carbonyl (C=O) groups excluding carboxylic acids is 1. The van der Waals surface area contributed by atoms with Crippen LogP contribution in [0, 0.1) is 6.92 Å². The van der Waals surface area contributed by atoms with Crippen LogP contribution in [0.3, 0.4) is 0 Å². The number of hydrogen-bond acceptors (Lipinski definition) is 4. The average molecular weight is 351 g/mol. The molecule has 1 aromatic carbocycles. The highest BCUT2D eigenvalue weighted by Crippen LogP contribution is 2.23. The van der Waals surface area contributed by atoms with Gasteiger partial charge >= 0.3 is 16.3 Å². The quantitative estimate of drug-likeness (QED) is 0.873. The maximum absolute atomic E-state index is 11.7. The zero-order valence-corrected chi connectivity index (χ0v) is 13.1. The van der Waals surface area contributed by atoms with Gasteiger partial charge in [0.25, 0.3) is 0 Å². The predicted molar refractivity (Wildman–Crippen MR) is 76.2 cm³/mol. The minimum atomic E-state index is -4.02. The molecule has 106 valence electrons. The molecule has 0 aromatic heterocycles. The summed E-state index contributed by atoms with van der Waals surface area (Å²) in [6, 6.07) is 5.09. The van der Waals surface area contributed by atoms with Crippen LogP contribution in [0.25, 0.3) is 0 Å². The summed E-state index contributed by atoms with van der Waals surface area (Å²) < 4.78 is 32.6. The Morgan fingerprint density at radius 3 is 2.53 bits per heavy atom. The van der Waals surface area contributed by atoms with Crippen LogP contribution in [0.5, 0.6) is 0 Å². The molecule has 0 heterocycles. The molecule has 0 aliphatic carbocycles. The summed E-state index contributed by atoms with van der Waals surface area (Å²) in [5, 5.41) is 0. The van der Waals surface area contributed by atoms with Crippen LogP contribution in [0.15, 0.2) is 22.7 Å². The Morgan fingerprint density at radius 2 is 2.00 bits per heavy atom. The maximum Gasteiger partial charge on any atom is 0.422 e. The van der Waals surface area contributed by atoms with E-state index in [0.717, 1.165) is 5.56 Å². The Labute approximate surface area is 120 Å². The van der Waals surface area contributed by atoms with E-state index in [0.29, 0.717) is 10.2 Å². The Hall–Kier alpha value is -1.28. The number of ether oxygens (including phenoxy) is 1. The normalized spacial score (nSPS) is 11.2. The van der Waals surface area contributed by atoms with Gasteiger partial charge in [0.05, 0.1) is 11.8 Å². The molecule has 6 nitrogen and oxygen atoms in total. The number of aryl methyl sites for hydroxylation is 1. The number of benzene rings is 1. The molecule has 0 bridgehead atoms. The molecule has 0 aliphatic rings. The number of amides is 1. The monoisotopic (exact) mass is 350 g/mol. The molecule has 1 aromatic rings. The van der Waals surface area contributed by atoms with Crippen molar-refractivity contribution in [2.24, 2.45) is 0 Å². The summed E-state index contributed by atoms with van der Waals surface area (Å²) in [6.07, 6.45) is -1.42. The number of halogens is 1. The van der Waals surface area contributed by atoms with E-state index in [2.05, 4.69) is 20.7 Å². The fraction of sp³-hybridized carbons (Fsp3) is 0.364. The van der Waals surface area contributed by atoms with E-state index >= 15 is 0 Å². The predicted octanol–water partition coefficient (Wildman–Crippen LogP) is 2.55. The topological polar surface area (TPSA) is 84.5 Å². The van der Waals surface area contributed by atoms with Crippen molar-refractivity contribution < 1.29 is 17.9 Å². The lowest BCUT2D eigenvalue weighted by Gasteiger charge is -2.12. The first kappa shape index (κ1) is 15.8. The number of nitrogens with one attached hydrogen (secondary N) is 2.